The lowest BCUT2D eigenvalue weighted by molar-refractivity contribution is 0.102. The Kier molecular flexibility index (Phi) is 3.76. The molecule has 2 aromatic heterocycles. The van der Waals surface area contributed by atoms with E-state index >= 15 is 0 Å². The van der Waals surface area contributed by atoms with Crippen molar-refractivity contribution in [3.05, 3.63) is 53.5 Å². The quantitative estimate of drug-likeness (QED) is 0.689. The smallest absolute Gasteiger partial charge is 0.257 e. The Balaban J connectivity index is 1.98. The van der Waals surface area contributed by atoms with Crippen LogP contribution >= 0.6 is 0 Å². The monoisotopic (exact) mass is 309 g/mol. The molecule has 7 heteroatoms. The van der Waals surface area contributed by atoms with Gasteiger partial charge in [-0.15, -0.1) is 0 Å². The van der Waals surface area contributed by atoms with Gasteiger partial charge in [-0.2, -0.15) is 5.10 Å². The van der Waals surface area contributed by atoms with Gasteiger partial charge in [0, 0.05) is 11.8 Å². The summed E-state index contributed by atoms with van der Waals surface area (Å²) in [6.07, 6.45) is 2.96. The number of phenolic OH excluding ortho intramolecular Hbond substituents is 1. The number of carbonyl (C=O) groups is 1. The number of carbonyl (C=O) groups excluding carboxylic acids is 1. The molecule has 0 aliphatic heterocycles. The molecule has 3 N–H and O–H groups in total. The van der Waals surface area contributed by atoms with E-state index in [2.05, 4.69) is 25.5 Å². The molecule has 0 atom stereocenters. The fourth-order valence-corrected chi connectivity index (χ4v) is 2.25. The highest BCUT2D eigenvalue weighted by Crippen LogP contribution is 2.29. The van der Waals surface area contributed by atoms with Crippen molar-refractivity contribution in [2.75, 3.05) is 5.32 Å². The summed E-state index contributed by atoms with van der Waals surface area (Å²) in [6, 6.07) is 6.78. The van der Waals surface area contributed by atoms with Crippen molar-refractivity contribution in [2.24, 2.45) is 0 Å². The molecule has 7 nitrogen and oxygen atoms in total. The molecule has 0 unspecified atom stereocenters. The molecule has 0 aliphatic rings. The van der Waals surface area contributed by atoms with E-state index in [0.717, 1.165) is 5.56 Å². The highest BCUT2D eigenvalue weighted by atomic mass is 16.3. The molecule has 23 heavy (non-hydrogen) atoms. The minimum Gasteiger partial charge on any atom is -0.507 e. The summed E-state index contributed by atoms with van der Waals surface area (Å²) in [7, 11) is 0. The van der Waals surface area contributed by atoms with Crippen molar-refractivity contribution in [3.8, 4) is 17.1 Å². The molecule has 0 radical (unpaired) electrons. The number of H-pyrrole nitrogens is 1. The largest absolute Gasteiger partial charge is 0.507 e. The summed E-state index contributed by atoms with van der Waals surface area (Å²) in [5, 5.41) is 19.3. The summed E-state index contributed by atoms with van der Waals surface area (Å²) in [5.74, 6) is 0.631. The standard InChI is InChI=1S/C16H15N5O2/c1-9-4-3-5-17-14(9)20-16(23)11-7-12(13(22)6-10(11)2)15-18-8-19-21-15/h3-8,22H,1-2H3,(H,17,20,23)(H,18,19,21). The topological polar surface area (TPSA) is 104 Å². The van der Waals surface area contributed by atoms with Gasteiger partial charge in [-0.3, -0.25) is 9.89 Å². The Labute approximate surface area is 132 Å². The zero-order valence-corrected chi connectivity index (χ0v) is 12.7. The second kappa shape index (κ2) is 5.88. The minimum atomic E-state index is -0.301. The van der Waals surface area contributed by atoms with E-state index in [4.69, 9.17) is 0 Å². The molecule has 0 fully saturated rings. The predicted octanol–water partition coefficient (Wildman–Crippen LogP) is 2.44. The van der Waals surface area contributed by atoms with E-state index in [1.54, 1.807) is 25.3 Å². The van der Waals surface area contributed by atoms with Crippen molar-refractivity contribution in [1.82, 2.24) is 20.2 Å². The Morgan fingerprint density at radius 2 is 2.04 bits per heavy atom. The van der Waals surface area contributed by atoms with Gasteiger partial charge in [-0.05, 0) is 43.2 Å². The summed E-state index contributed by atoms with van der Waals surface area (Å²) < 4.78 is 0. The minimum absolute atomic E-state index is 0.0322. The van der Waals surface area contributed by atoms with Crippen LogP contribution in [0, 0.1) is 13.8 Å². The maximum atomic E-state index is 12.5. The molecule has 0 aliphatic carbocycles. The van der Waals surface area contributed by atoms with Gasteiger partial charge in [-0.25, -0.2) is 9.97 Å². The summed E-state index contributed by atoms with van der Waals surface area (Å²) in [4.78, 5) is 20.7. The Morgan fingerprint density at radius 3 is 2.74 bits per heavy atom. The number of anilines is 1. The van der Waals surface area contributed by atoms with Crippen molar-refractivity contribution < 1.29 is 9.90 Å². The molecule has 116 valence electrons. The lowest BCUT2D eigenvalue weighted by Crippen LogP contribution is -2.15. The normalized spacial score (nSPS) is 10.5. The number of nitrogens with one attached hydrogen (secondary N) is 2. The number of aromatic hydroxyl groups is 1. The second-order valence-corrected chi connectivity index (χ2v) is 5.14. The van der Waals surface area contributed by atoms with Gasteiger partial charge in [0.1, 0.15) is 17.9 Å². The summed E-state index contributed by atoms with van der Waals surface area (Å²) >= 11 is 0. The number of aromatic nitrogens is 4. The Morgan fingerprint density at radius 1 is 1.22 bits per heavy atom. The Bertz CT molecular complexity index is 859. The molecule has 0 saturated heterocycles. The van der Waals surface area contributed by atoms with Gasteiger partial charge in [-0.1, -0.05) is 6.07 Å². The number of aryl methyl sites for hydroxylation is 2. The SMILES string of the molecule is Cc1cc(O)c(-c2ncn[nH]2)cc1C(=O)Nc1ncccc1C. The second-order valence-electron chi connectivity index (χ2n) is 5.14. The molecule has 0 spiro atoms. The van der Waals surface area contributed by atoms with Crippen LogP contribution in [0.1, 0.15) is 21.5 Å². The van der Waals surface area contributed by atoms with E-state index in [1.165, 1.54) is 12.4 Å². The van der Waals surface area contributed by atoms with Crippen LogP contribution in [0.2, 0.25) is 0 Å². The zero-order valence-electron chi connectivity index (χ0n) is 12.7. The first-order chi connectivity index (χ1) is 11.1. The number of phenols is 1. The van der Waals surface area contributed by atoms with E-state index in [0.29, 0.717) is 28.3 Å². The number of aromatic amines is 1. The first-order valence-corrected chi connectivity index (χ1v) is 6.98. The van der Waals surface area contributed by atoms with Crippen molar-refractivity contribution >= 4 is 11.7 Å². The third kappa shape index (κ3) is 2.89. The van der Waals surface area contributed by atoms with Gasteiger partial charge in [0.05, 0.1) is 5.56 Å². The fraction of sp³-hybridized carbons (Fsp3) is 0.125. The number of rotatable bonds is 3. The lowest BCUT2D eigenvalue weighted by Gasteiger charge is -2.11. The Hall–Kier alpha value is -3.22. The highest BCUT2D eigenvalue weighted by molar-refractivity contribution is 6.06. The third-order valence-corrected chi connectivity index (χ3v) is 3.50. The van der Waals surface area contributed by atoms with Crippen molar-refractivity contribution in [3.63, 3.8) is 0 Å². The van der Waals surface area contributed by atoms with Gasteiger partial charge < -0.3 is 10.4 Å². The van der Waals surface area contributed by atoms with Crippen LogP contribution in [-0.2, 0) is 0 Å². The molecule has 1 aromatic carbocycles. The van der Waals surface area contributed by atoms with Crippen LogP contribution in [0.3, 0.4) is 0 Å². The number of pyridine rings is 1. The summed E-state index contributed by atoms with van der Waals surface area (Å²) in [6.45, 7) is 3.62. The zero-order chi connectivity index (χ0) is 16.4. The highest BCUT2D eigenvalue weighted by Gasteiger charge is 2.16. The third-order valence-electron chi connectivity index (χ3n) is 3.50. The average molecular weight is 309 g/mol. The first kappa shape index (κ1) is 14.7. The fourth-order valence-electron chi connectivity index (χ4n) is 2.25. The van der Waals surface area contributed by atoms with Gasteiger partial charge in [0.2, 0.25) is 0 Å². The van der Waals surface area contributed by atoms with E-state index in [1.807, 2.05) is 13.0 Å². The van der Waals surface area contributed by atoms with Crippen LogP contribution in [0.25, 0.3) is 11.4 Å². The number of hydrogen-bond donors (Lipinski definition) is 3. The molecule has 3 aromatic rings. The lowest BCUT2D eigenvalue weighted by atomic mass is 10.0. The van der Waals surface area contributed by atoms with Crippen LogP contribution in [-0.4, -0.2) is 31.2 Å². The molecule has 0 saturated carbocycles. The maximum Gasteiger partial charge on any atom is 0.257 e. The number of nitrogens with zero attached hydrogens (tertiary/aromatic N) is 3. The van der Waals surface area contributed by atoms with Crippen LogP contribution in [0.5, 0.6) is 5.75 Å². The van der Waals surface area contributed by atoms with E-state index in [-0.39, 0.29) is 11.7 Å². The molecule has 3 rings (SSSR count). The molecular formula is C16H15N5O2. The number of amides is 1. The van der Waals surface area contributed by atoms with Gasteiger partial charge in [0.25, 0.3) is 5.91 Å². The van der Waals surface area contributed by atoms with Gasteiger partial charge >= 0.3 is 0 Å². The predicted molar refractivity (Wildman–Crippen MR) is 85.1 cm³/mol. The van der Waals surface area contributed by atoms with E-state index < -0.39 is 0 Å². The molecule has 2 heterocycles. The average Bonchev–Trinajstić information content (AvgIpc) is 3.03. The number of benzene rings is 1. The molecule has 0 bridgehead atoms. The molecule has 1 amide bonds. The van der Waals surface area contributed by atoms with Crippen molar-refractivity contribution in [1.29, 1.82) is 0 Å². The maximum absolute atomic E-state index is 12.5. The first-order valence-electron chi connectivity index (χ1n) is 6.98. The van der Waals surface area contributed by atoms with Crippen LogP contribution in [0.4, 0.5) is 5.82 Å². The van der Waals surface area contributed by atoms with E-state index in [9.17, 15) is 9.90 Å². The number of hydrogen-bond acceptors (Lipinski definition) is 5. The van der Waals surface area contributed by atoms with Crippen LogP contribution < -0.4 is 5.32 Å². The summed E-state index contributed by atoms with van der Waals surface area (Å²) in [5.41, 5.74) is 2.36. The molecular weight excluding hydrogens is 294 g/mol. The van der Waals surface area contributed by atoms with Crippen LogP contribution in [0.15, 0.2) is 36.8 Å². The van der Waals surface area contributed by atoms with Crippen molar-refractivity contribution in [2.45, 2.75) is 13.8 Å². The van der Waals surface area contributed by atoms with Gasteiger partial charge in [0.15, 0.2) is 5.82 Å².